The topological polar surface area (TPSA) is 195 Å². The van der Waals surface area contributed by atoms with Gasteiger partial charge < -0.3 is 29.4 Å². The van der Waals surface area contributed by atoms with Crippen molar-refractivity contribution in [3.8, 4) is 23.0 Å². The molecule has 1 saturated heterocycles. The number of nitrogens with zero attached hydrogens (tertiary/aromatic N) is 4. The minimum atomic E-state index is -3.93. The fraction of sp³-hybridized carbons (Fsp3) is 0.442. The number of anilines is 1. The average Bonchev–Trinajstić information content (AvgIpc) is 4.05. The fourth-order valence-electron chi connectivity index (χ4n) is 7.66. The van der Waals surface area contributed by atoms with Gasteiger partial charge in [0.2, 0.25) is 27.4 Å². The molecule has 0 spiro atoms. The molecule has 5 aromatic rings. The number of sulfonamides is 1. The molecule has 0 unspecified atom stereocenters. The predicted molar refractivity (Wildman–Crippen MR) is 228 cm³/mol. The van der Waals surface area contributed by atoms with Gasteiger partial charge in [-0.25, -0.2) is 22.8 Å². The first-order chi connectivity index (χ1) is 28.8. The van der Waals surface area contributed by atoms with Gasteiger partial charge in [0.1, 0.15) is 46.4 Å². The quantitative estimate of drug-likeness (QED) is 0.106. The second kappa shape index (κ2) is 15.7. The summed E-state index contributed by atoms with van der Waals surface area (Å²) in [5, 5.41) is 8.24. The molecule has 15 nitrogen and oxygen atoms in total. The van der Waals surface area contributed by atoms with Gasteiger partial charge in [0, 0.05) is 28.7 Å². The molecule has 61 heavy (non-hydrogen) atoms. The fourth-order valence-corrected chi connectivity index (χ4v) is 9.75. The molecule has 2 saturated carbocycles. The number of ether oxygens (including phenoxy) is 2. The van der Waals surface area contributed by atoms with Gasteiger partial charge in [-0.05, 0) is 87.9 Å². The van der Waals surface area contributed by atoms with E-state index >= 15 is 0 Å². The number of aromatic nitrogens is 3. The normalized spacial score (nSPS) is 22.0. The number of aryl methyl sites for hydroxylation is 1. The molecule has 3 fully saturated rings. The Hall–Kier alpha value is -5.62. The molecule has 2 aliphatic carbocycles. The summed E-state index contributed by atoms with van der Waals surface area (Å²) in [6, 6.07) is 9.21. The van der Waals surface area contributed by atoms with Crippen molar-refractivity contribution in [1.82, 2.24) is 29.9 Å². The van der Waals surface area contributed by atoms with Crippen LogP contribution in [0.15, 0.2) is 64.9 Å². The monoisotopic (exact) mass is 873 g/mol. The Morgan fingerprint density at radius 2 is 1.84 bits per heavy atom. The lowest BCUT2D eigenvalue weighted by molar-refractivity contribution is -0.141. The van der Waals surface area contributed by atoms with E-state index in [1.54, 1.807) is 24.3 Å². The number of fused-ring (bicyclic) bond motifs is 3. The predicted octanol–water partition coefficient (Wildman–Crippen LogP) is 6.28. The van der Waals surface area contributed by atoms with E-state index in [2.05, 4.69) is 26.9 Å². The summed E-state index contributed by atoms with van der Waals surface area (Å²) in [6.07, 6.45) is 1.59. The Bertz CT molecular complexity index is 2660. The summed E-state index contributed by atoms with van der Waals surface area (Å²) in [5.74, 6) is -2.07. The van der Waals surface area contributed by atoms with Gasteiger partial charge >= 0.3 is 0 Å². The highest BCUT2D eigenvalue weighted by atomic mass is 32.2. The molecule has 5 atom stereocenters. The summed E-state index contributed by atoms with van der Waals surface area (Å²) in [4.78, 5) is 58.6. The Labute approximate surface area is 356 Å². The van der Waals surface area contributed by atoms with Crippen LogP contribution in [0, 0.1) is 24.1 Å². The van der Waals surface area contributed by atoms with Gasteiger partial charge in [-0.2, -0.15) is 4.98 Å². The maximum Gasteiger partial charge on any atom is 0.262 e. The zero-order chi connectivity index (χ0) is 43.6. The van der Waals surface area contributed by atoms with Crippen LogP contribution in [0.3, 0.4) is 0 Å². The van der Waals surface area contributed by atoms with E-state index in [4.69, 9.17) is 23.9 Å². The number of nitrogens with one attached hydrogen (secondary N) is 3. The number of benzene rings is 2. The lowest BCUT2D eigenvalue weighted by Gasteiger charge is -2.35. The first kappa shape index (κ1) is 42.1. The number of hydrogen-bond acceptors (Lipinski definition) is 13. The third-order valence-corrected chi connectivity index (χ3v) is 13.8. The number of hydrogen-bond donors (Lipinski definition) is 3. The van der Waals surface area contributed by atoms with Crippen molar-refractivity contribution in [1.29, 1.82) is 0 Å². The van der Waals surface area contributed by atoms with Crippen LogP contribution in [0.1, 0.15) is 66.0 Å². The van der Waals surface area contributed by atoms with Gasteiger partial charge in [0.15, 0.2) is 11.0 Å². The molecule has 3 N–H and O–H groups in total. The van der Waals surface area contributed by atoms with E-state index in [1.165, 1.54) is 40.5 Å². The molecular formula is C43H48FN7O8S2. The molecule has 322 valence electrons. The highest BCUT2D eigenvalue weighted by Gasteiger charge is 2.62. The largest absolute Gasteiger partial charge is 0.491 e. The van der Waals surface area contributed by atoms with Gasteiger partial charge in [-0.15, -0.1) is 17.9 Å². The molecule has 3 amide bonds. The summed E-state index contributed by atoms with van der Waals surface area (Å²) in [7, 11) is -3.93. The first-order valence-corrected chi connectivity index (χ1v) is 22.6. The molecular weight excluding hydrogens is 826 g/mol. The van der Waals surface area contributed by atoms with Crippen LogP contribution in [0.5, 0.6) is 11.6 Å². The van der Waals surface area contributed by atoms with Crippen molar-refractivity contribution in [3.05, 3.63) is 72.0 Å². The lowest BCUT2D eigenvalue weighted by Crippen LogP contribution is -2.58. The molecule has 0 radical (unpaired) electrons. The number of carbonyl (C=O) groups excluding carboxylic acids is 3. The maximum atomic E-state index is 14.9. The third kappa shape index (κ3) is 8.51. The Morgan fingerprint density at radius 3 is 2.46 bits per heavy atom. The smallest absolute Gasteiger partial charge is 0.262 e. The Balaban J connectivity index is 1.15. The summed E-state index contributed by atoms with van der Waals surface area (Å²) < 4.78 is 61.1. The molecule has 2 aromatic carbocycles. The Morgan fingerprint density at radius 1 is 1.10 bits per heavy atom. The second-order valence-electron chi connectivity index (χ2n) is 17.4. The number of amides is 3. The van der Waals surface area contributed by atoms with E-state index in [-0.39, 0.29) is 42.8 Å². The second-order valence-corrected chi connectivity index (χ2v) is 20.2. The number of furan rings is 1. The van der Waals surface area contributed by atoms with Crippen molar-refractivity contribution in [2.24, 2.45) is 11.3 Å². The van der Waals surface area contributed by atoms with E-state index in [1.807, 2.05) is 46.9 Å². The van der Waals surface area contributed by atoms with Gasteiger partial charge in [-0.3, -0.25) is 19.1 Å². The van der Waals surface area contributed by atoms with Crippen molar-refractivity contribution in [2.75, 3.05) is 11.9 Å². The first-order valence-electron chi connectivity index (χ1n) is 20.2. The van der Waals surface area contributed by atoms with E-state index in [0.717, 1.165) is 5.69 Å². The van der Waals surface area contributed by atoms with Crippen molar-refractivity contribution in [2.45, 2.75) is 102 Å². The van der Waals surface area contributed by atoms with Crippen LogP contribution < -0.4 is 24.8 Å². The van der Waals surface area contributed by atoms with Gasteiger partial charge in [-0.1, -0.05) is 26.8 Å². The molecule has 1 aliphatic heterocycles. The maximum absolute atomic E-state index is 14.9. The van der Waals surface area contributed by atoms with E-state index < -0.39 is 73.9 Å². The number of thiazole rings is 1. The van der Waals surface area contributed by atoms with Crippen molar-refractivity contribution in [3.63, 3.8) is 0 Å². The van der Waals surface area contributed by atoms with E-state index in [9.17, 15) is 27.2 Å². The molecule has 8 rings (SSSR count). The molecule has 3 aromatic heterocycles. The minimum Gasteiger partial charge on any atom is -0.491 e. The zero-order valence-corrected chi connectivity index (χ0v) is 36.3. The van der Waals surface area contributed by atoms with Crippen LogP contribution in [0.2, 0.25) is 0 Å². The number of rotatable bonds is 14. The molecule has 0 bridgehead atoms. The number of carbonyl (C=O) groups is 3. The third-order valence-electron chi connectivity index (χ3n) is 11.1. The molecule has 3 aliphatic rings. The summed E-state index contributed by atoms with van der Waals surface area (Å²) in [5.41, 5.74) is -0.0861. The molecule has 18 heteroatoms. The van der Waals surface area contributed by atoms with Crippen LogP contribution in [0.25, 0.3) is 33.5 Å². The summed E-state index contributed by atoms with van der Waals surface area (Å²) in [6.45, 7) is 15.1. The van der Waals surface area contributed by atoms with E-state index in [0.29, 0.717) is 45.8 Å². The van der Waals surface area contributed by atoms with Crippen LogP contribution in [0.4, 0.5) is 9.52 Å². The van der Waals surface area contributed by atoms with Crippen molar-refractivity contribution >= 4 is 66.3 Å². The summed E-state index contributed by atoms with van der Waals surface area (Å²) >= 11 is 1.35. The number of halogens is 1. The lowest BCUT2D eigenvalue weighted by atomic mass is 9.85. The minimum absolute atomic E-state index is 0.0105. The highest BCUT2D eigenvalue weighted by Crippen LogP contribution is 2.46. The zero-order valence-electron chi connectivity index (χ0n) is 34.7. The van der Waals surface area contributed by atoms with Gasteiger partial charge in [0.05, 0.1) is 23.6 Å². The van der Waals surface area contributed by atoms with Crippen LogP contribution in [-0.4, -0.2) is 87.6 Å². The van der Waals surface area contributed by atoms with Crippen LogP contribution >= 0.6 is 11.3 Å². The van der Waals surface area contributed by atoms with Crippen molar-refractivity contribution < 1.29 is 41.1 Å². The number of likely N-dealkylation sites (tertiary alicyclic amines) is 1. The average molecular weight is 874 g/mol. The van der Waals surface area contributed by atoms with Crippen LogP contribution in [-0.2, 0) is 24.4 Å². The highest BCUT2D eigenvalue weighted by molar-refractivity contribution is 7.91. The standard InChI is InChI=1S/C43H48FN7O8S2/c1-8-25-19-43(25,40(54)50-61(55,56)29-14-15-29)49-37(52)31-18-28(20-51(31)39(53)35(42(5,6)7)47-41-45-23(4)21-60-41)58-38-34-33(30-17-26(44)11-16-32(30)59-34)46-36(48-38)24-9-12-27(13-10-24)57-22(2)3/h8-13,16-17,21-22,25,28-29,31,35H,1,14-15,18-20H2,2-7H3,(H,45,47)(H,49,52)(H,50,54)/t25-,28-,31+,35-,43-/m1/s1. The molecule has 4 heterocycles. The Kier molecular flexibility index (Phi) is 10.8. The SMILES string of the molecule is C=C[C@@H]1C[C@]1(NC(=O)[C@@H]1C[C@@H](Oc2nc(-c3ccc(OC(C)C)cc3)nc3c2oc2ccc(F)cc23)CN1C(=O)[C@@H](Nc1nc(C)cs1)C(C)(C)C)C(=O)NS(=O)(=O)C1CC1. The van der Waals surface area contributed by atoms with Gasteiger partial charge in [0.25, 0.3) is 11.8 Å².